The second kappa shape index (κ2) is 16.9. The highest BCUT2D eigenvalue weighted by Gasteiger charge is 2.23. The zero-order chi connectivity index (χ0) is 28.9. The van der Waals surface area contributed by atoms with Gasteiger partial charge in [0.25, 0.3) is 5.69 Å². The van der Waals surface area contributed by atoms with Crippen LogP contribution in [-0.4, -0.2) is 73.9 Å². The molecular formula is C22H33BrN4O11. The number of halogens is 1. The third-order valence-corrected chi connectivity index (χ3v) is 4.23. The van der Waals surface area contributed by atoms with Crippen LogP contribution >= 0.6 is 17.0 Å². The molecule has 0 spiro atoms. The van der Waals surface area contributed by atoms with E-state index in [4.69, 9.17) is 20.1 Å². The molecule has 15 nitrogen and oxygen atoms in total. The maximum Gasteiger partial charge on any atom is 0.408 e. The van der Waals surface area contributed by atoms with Crippen LogP contribution in [0.2, 0.25) is 0 Å². The number of ether oxygens (including phenoxy) is 1. The lowest BCUT2D eigenvalue weighted by atomic mass is 10.1. The molecule has 1 rings (SSSR count). The molecule has 0 bridgehead atoms. The van der Waals surface area contributed by atoms with Crippen LogP contribution in [0.15, 0.2) is 24.3 Å². The fraction of sp³-hybridized carbons (Fsp3) is 0.500. The van der Waals surface area contributed by atoms with Gasteiger partial charge in [-0.3, -0.25) is 34.6 Å². The number of hydrogen-bond donors (Lipinski definition) is 6. The monoisotopic (exact) mass is 608 g/mol. The third-order valence-electron chi connectivity index (χ3n) is 4.23. The number of nitro benzene ring substituents is 1. The molecule has 0 aliphatic carbocycles. The molecule has 0 saturated carbocycles. The maximum atomic E-state index is 11.5. The number of carbonyl (C=O) groups excluding carboxylic acids is 2. The molecule has 0 saturated heterocycles. The Hall–Kier alpha value is -3.79. The Morgan fingerprint density at radius 1 is 0.947 bits per heavy atom. The minimum Gasteiger partial charge on any atom is -0.481 e. The van der Waals surface area contributed by atoms with Gasteiger partial charge in [-0.25, -0.2) is 4.79 Å². The minimum atomic E-state index is -1.26. The van der Waals surface area contributed by atoms with Crippen LogP contribution in [0.3, 0.4) is 0 Å². The van der Waals surface area contributed by atoms with Gasteiger partial charge >= 0.3 is 24.0 Å². The fourth-order valence-corrected chi connectivity index (χ4v) is 2.35. The maximum absolute atomic E-state index is 11.5. The Balaban J connectivity index is 0. The van der Waals surface area contributed by atoms with Gasteiger partial charge in [0.05, 0.1) is 11.3 Å². The number of nitrogens with zero attached hydrogens (tertiary/aromatic N) is 1. The molecule has 0 heterocycles. The first kappa shape index (κ1) is 36.4. The fourth-order valence-electron chi connectivity index (χ4n) is 2.35. The van der Waals surface area contributed by atoms with Crippen LogP contribution in [0.1, 0.15) is 46.6 Å². The molecule has 0 aromatic heterocycles. The number of carbonyl (C=O) groups is 5. The summed E-state index contributed by atoms with van der Waals surface area (Å²) in [6.07, 6.45) is -1.27. The van der Waals surface area contributed by atoms with Crippen LogP contribution in [0.25, 0.3) is 0 Å². The van der Waals surface area contributed by atoms with Gasteiger partial charge in [-0.2, -0.15) is 0 Å². The molecule has 0 aliphatic rings. The molecule has 3 atom stereocenters. The van der Waals surface area contributed by atoms with Crippen molar-refractivity contribution in [2.24, 2.45) is 0 Å². The number of alkyl carbamates (subject to hydrolysis) is 1. The number of benzene rings is 1. The molecule has 0 aliphatic heterocycles. The van der Waals surface area contributed by atoms with Gasteiger partial charge in [0.2, 0.25) is 5.91 Å². The number of rotatable bonds is 11. The molecule has 1 aromatic carbocycles. The van der Waals surface area contributed by atoms with Gasteiger partial charge in [0.15, 0.2) is 0 Å². The Morgan fingerprint density at radius 2 is 1.47 bits per heavy atom. The highest BCUT2D eigenvalue weighted by Crippen LogP contribution is 2.12. The molecule has 16 heteroatoms. The quantitative estimate of drug-likeness (QED) is 0.155. The summed E-state index contributed by atoms with van der Waals surface area (Å²) in [5.41, 5.74) is -0.0967. The Bertz CT molecular complexity index is 981. The number of non-ortho nitro benzene ring substituents is 1. The second-order valence-corrected chi connectivity index (χ2v) is 8.73. The SMILES string of the molecule is Br.C[C@H](NC(=O)OC(C)(C)C)C(=O)N[C@H](C)C(=O)O.O=C(O)C[C@H](NCc1ccc([N+](=O)[O-])cc1)C(=O)O. The summed E-state index contributed by atoms with van der Waals surface area (Å²) in [5.74, 6) is -4.21. The van der Waals surface area contributed by atoms with E-state index in [1.165, 1.54) is 38.1 Å². The zero-order valence-electron chi connectivity index (χ0n) is 21.4. The van der Waals surface area contributed by atoms with Crippen molar-refractivity contribution in [2.45, 2.75) is 71.3 Å². The van der Waals surface area contributed by atoms with E-state index in [1.54, 1.807) is 20.8 Å². The number of carboxylic acids is 3. The van der Waals surface area contributed by atoms with E-state index in [9.17, 15) is 34.1 Å². The predicted molar refractivity (Wildman–Crippen MR) is 138 cm³/mol. The van der Waals surface area contributed by atoms with E-state index in [2.05, 4.69) is 16.0 Å². The highest BCUT2D eigenvalue weighted by molar-refractivity contribution is 8.93. The first-order chi connectivity index (χ1) is 16.9. The summed E-state index contributed by atoms with van der Waals surface area (Å²) in [5, 5.41) is 43.5. The van der Waals surface area contributed by atoms with Crippen LogP contribution in [0.4, 0.5) is 10.5 Å². The molecule has 0 fully saturated rings. The van der Waals surface area contributed by atoms with Crippen molar-refractivity contribution in [1.29, 1.82) is 0 Å². The zero-order valence-corrected chi connectivity index (χ0v) is 23.1. The van der Waals surface area contributed by atoms with Crippen molar-refractivity contribution in [3.8, 4) is 0 Å². The average molecular weight is 609 g/mol. The van der Waals surface area contributed by atoms with Crippen LogP contribution in [-0.2, 0) is 30.5 Å². The molecule has 6 N–H and O–H groups in total. The average Bonchev–Trinajstić information content (AvgIpc) is 2.75. The highest BCUT2D eigenvalue weighted by atomic mass is 79.9. The molecular weight excluding hydrogens is 576 g/mol. The second-order valence-electron chi connectivity index (χ2n) is 8.73. The van der Waals surface area contributed by atoms with Crippen molar-refractivity contribution in [3.05, 3.63) is 39.9 Å². The lowest BCUT2D eigenvalue weighted by molar-refractivity contribution is -0.384. The van der Waals surface area contributed by atoms with Crippen molar-refractivity contribution in [2.75, 3.05) is 0 Å². The van der Waals surface area contributed by atoms with Gasteiger partial charge in [-0.1, -0.05) is 12.1 Å². The van der Waals surface area contributed by atoms with E-state index < -0.39 is 65.0 Å². The first-order valence-electron chi connectivity index (χ1n) is 10.9. The molecule has 0 radical (unpaired) electrons. The van der Waals surface area contributed by atoms with Gasteiger partial charge in [-0.15, -0.1) is 17.0 Å². The standard InChI is InChI=1S/C11H12N2O6.C11H20N2O5.BrH/c14-10(15)5-9(11(16)17)12-6-7-1-3-8(4-2-7)13(18)19;1-6(8(14)12-7(2)9(15)16)13-10(17)18-11(3,4)5;/h1-4,9,12H,5-6H2,(H,14,15)(H,16,17);6-7H,1-5H3,(H,12,14)(H,13,17)(H,15,16);1H/t9-;6-,7+;/m00./s1. The summed E-state index contributed by atoms with van der Waals surface area (Å²) >= 11 is 0. The van der Waals surface area contributed by atoms with Gasteiger partial charge < -0.3 is 30.7 Å². The Labute approximate surface area is 228 Å². The van der Waals surface area contributed by atoms with Crippen LogP contribution in [0.5, 0.6) is 0 Å². The minimum absolute atomic E-state index is 0. The lowest BCUT2D eigenvalue weighted by Crippen LogP contribution is -2.50. The van der Waals surface area contributed by atoms with E-state index in [-0.39, 0.29) is 29.2 Å². The van der Waals surface area contributed by atoms with E-state index in [1.807, 2.05) is 0 Å². The number of nitrogens with one attached hydrogen (secondary N) is 3. The normalized spacial score (nSPS) is 12.7. The van der Waals surface area contributed by atoms with E-state index >= 15 is 0 Å². The molecule has 38 heavy (non-hydrogen) atoms. The molecule has 2 amide bonds. The first-order valence-corrected chi connectivity index (χ1v) is 10.9. The number of aliphatic carboxylic acids is 3. The number of nitro groups is 1. The van der Waals surface area contributed by atoms with Crippen molar-refractivity contribution in [3.63, 3.8) is 0 Å². The van der Waals surface area contributed by atoms with Crippen molar-refractivity contribution >= 4 is 52.6 Å². The molecule has 214 valence electrons. The van der Waals surface area contributed by atoms with Crippen molar-refractivity contribution in [1.82, 2.24) is 16.0 Å². The van der Waals surface area contributed by atoms with Gasteiger partial charge in [-0.05, 0) is 40.2 Å². The smallest absolute Gasteiger partial charge is 0.408 e. The van der Waals surface area contributed by atoms with E-state index in [0.29, 0.717) is 5.56 Å². The topological polar surface area (TPSA) is 234 Å². The van der Waals surface area contributed by atoms with Crippen LogP contribution in [0, 0.1) is 10.1 Å². The summed E-state index contributed by atoms with van der Waals surface area (Å²) in [7, 11) is 0. The molecule has 0 unspecified atom stereocenters. The lowest BCUT2D eigenvalue weighted by Gasteiger charge is -2.22. The predicted octanol–water partition coefficient (Wildman–Crippen LogP) is 1.68. The summed E-state index contributed by atoms with van der Waals surface area (Å²) in [6.45, 7) is 7.98. The van der Waals surface area contributed by atoms with Gasteiger partial charge in [0.1, 0.15) is 23.7 Å². The summed E-state index contributed by atoms with van der Waals surface area (Å²) in [6, 6.07) is 2.46. The number of amides is 2. The van der Waals surface area contributed by atoms with Crippen LogP contribution < -0.4 is 16.0 Å². The Kier molecular flexibility index (Phi) is 16.1. The summed E-state index contributed by atoms with van der Waals surface area (Å²) in [4.78, 5) is 64.6. The molecule has 1 aromatic rings. The van der Waals surface area contributed by atoms with E-state index in [0.717, 1.165) is 0 Å². The number of carboxylic acid groups (broad SMARTS) is 3. The summed E-state index contributed by atoms with van der Waals surface area (Å²) < 4.78 is 4.96. The van der Waals surface area contributed by atoms with Gasteiger partial charge in [0, 0.05) is 18.7 Å². The van der Waals surface area contributed by atoms with Crippen molar-refractivity contribution < 1.29 is 49.0 Å². The third kappa shape index (κ3) is 16.1. The number of hydrogen-bond acceptors (Lipinski definition) is 9. The largest absolute Gasteiger partial charge is 0.481 e. The Morgan fingerprint density at radius 3 is 1.87 bits per heavy atom.